The van der Waals surface area contributed by atoms with E-state index in [0.717, 1.165) is 63.2 Å². The summed E-state index contributed by atoms with van der Waals surface area (Å²) in [5.41, 5.74) is 6.87. The van der Waals surface area contributed by atoms with Crippen LogP contribution in [0.4, 0.5) is 0 Å². The molecule has 6 nitrogen and oxygen atoms in total. The molecule has 0 spiro atoms. The third kappa shape index (κ3) is 3.08. The Kier molecular flexibility index (Phi) is 5.23. The van der Waals surface area contributed by atoms with Crippen molar-refractivity contribution in [3.8, 4) is 34.5 Å². The molecule has 3 aromatic rings. The summed E-state index contributed by atoms with van der Waals surface area (Å²) >= 11 is 0. The normalized spacial score (nSPS) is 17.3. The molecule has 172 valence electrons. The molecule has 0 saturated heterocycles. The van der Waals surface area contributed by atoms with Crippen molar-refractivity contribution in [2.24, 2.45) is 0 Å². The third-order valence-electron chi connectivity index (χ3n) is 6.93. The first-order valence-electron chi connectivity index (χ1n) is 10.8. The Bertz CT molecular complexity index is 1170. The third-order valence-corrected chi connectivity index (χ3v) is 6.93. The van der Waals surface area contributed by atoms with Gasteiger partial charge >= 0.3 is 0 Å². The number of benzene rings is 3. The maximum atomic E-state index is 5.92. The number of methoxy groups -OCH3 is 6. The summed E-state index contributed by atoms with van der Waals surface area (Å²) in [5.74, 6) is 4.59. The predicted octanol–water partition coefficient (Wildman–Crippen LogP) is 4.92. The van der Waals surface area contributed by atoms with E-state index in [0.29, 0.717) is 0 Å². The fraction of sp³-hybridized carbons (Fsp3) is 0.333. The van der Waals surface area contributed by atoms with Crippen LogP contribution < -0.4 is 28.4 Å². The Morgan fingerprint density at radius 1 is 0.515 bits per heavy atom. The monoisotopic (exact) mass is 448 g/mol. The van der Waals surface area contributed by atoms with E-state index >= 15 is 0 Å². The minimum atomic E-state index is -0.130. The van der Waals surface area contributed by atoms with Gasteiger partial charge in [-0.05, 0) is 46.9 Å². The van der Waals surface area contributed by atoms with Crippen LogP contribution in [0.1, 0.15) is 45.2 Å². The van der Waals surface area contributed by atoms with Gasteiger partial charge < -0.3 is 28.4 Å². The van der Waals surface area contributed by atoms with Gasteiger partial charge in [0.15, 0.2) is 0 Å². The number of ether oxygens (including phenoxy) is 6. The first kappa shape index (κ1) is 21.3. The second-order valence-corrected chi connectivity index (χ2v) is 8.25. The highest BCUT2D eigenvalue weighted by atomic mass is 16.5. The fourth-order valence-corrected chi connectivity index (χ4v) is 5.48. The lowest BCUT2D eigenvalue weighted by Gasteiger charge is -2.34. The second-order valence-electron chi connectivity index (χ2n) is 8.25. The molecule has 0 N–H and O–H groups in total. The largest absolute Gasteiger partial charge is 0.497 e. The van der Waals surface area contributed by atoms with Crippen LogP contribution in [-0.4, -0.2) is 42.7 Å². The summed E-state index contributed by atoms with van der Waals surface area (Å²) in [5, 5.41) is 0. The minimum Gasteiger partial charge on any atom is -0.497 e. The van der Waals surface area contributed by atoms with Crippen LogP contribution >= 0.6 is 0 Å². The molecule has 0 unspecified atom stereocenters. The SMILES string of the molecule is COc1cc(OC)c2c(c1)C1Cc3c(OC)cc(OC)cc3C2c2c(OC)cc(OC)cc21. The molecule has 33 heavy (non-hydrogen) atoms. The second kappa shape index (κ2) is 8.10. The zero-order chi connectivity index (χ0) is 23.3. The van der Waals surface area contributed by atoms with Crippen molar-refractivity contribution < 1.29 is 28.4 Å². The molecule has 0 heterocycles. The highest BCUT2D eigenvalue weighted by molar-refractivity contribution is 5.71. The highest BCUT2D eigenvalue weighted by Crippen LogP contribution is 2.59. The van der Waals surface area contributed by atoms with Crippen LogP contribution in [0, 0.1) is 0 Å². The molecule has 0 aliphatic heterocycles. The lowest BCUT2D eigenvalue weighted by Crippen LogP contribution is -2.19. The summed E-state index contributed by atoms with van der Waals surface area (Å²) in [6.45, 7) is 0. The molecule has 0 amide bonds. The van der Waals surface area contributed by atoms with Crippen LogP contribution in [0.15, 0.2) is 36.4 Å². The molecule has 6 rings (SSSR count). The molecule has 0 saturated carbocycles. The van der Waals surface area contributed by atoms with Gasteiger partial charge in [-0.2, -0.15) is 0 Å². The smallest absolute Gasteiger partial charge is 0.127 e. The van der Waals surface area contributed by atoms with Gasteiger partial charge in [-0.25, -0.2) is 0 Å². The molecule has 6 heteroatoms. The molecule has 3 aliphatic rings. The molecular formula is C27H28O6. The van der Waals surface area contributed by atoms with E-state index in [9.17, 15) is 0 Å². The van der Waals surface area contributed by atoms with Crippen molar-refractivity contribution in [1.29, 1.82) is 0 Å². The molecule has 0 atom stereocenters. The van der Waals surface area contributed by atoms with Gasteiger partial charge in [0.1, 0.15) is 34.5 Å². The number of hydrogen-bond acceptors (Lipinski definition) is 6. The van der Waals surface area contributed by atoms with Crippen LogP contribution in [0.5, 0.6) is 34.5 Å². The summed E-state index contributed by atoms with van der Waals surface area (Å²) in [6.07, 6.45) is 0.756. The van der Waals surface area contributed by atoms with Gasteiger partial charge in [-0.15, -0.1) is 0 Å². The minimum absolute atomic E-state index is 0.0443. The molecule has 0 radical (unpaired) electrons. The summed E-state index contributed by atoms with van der Waals surface area (Å²) in [6, 6.07) is 12.2. The van der Waals surface area contributed by atoms with Crippen molar-refractivity contribution in [2.45, 2.75) is 18.3 Å². The summed E-state index contributed by atoms with van der Waals surface area (Å²) in [7, 11) is 10.1. The molecule has 3 aliphatic carbocycles. The summed E-state index contributed by atoms with van der Waals surface area (Å²) in [4.78, 5) is 0. The molecule has 3 aromatic carbocycles. The Morgan fingerprint density at radius 3 is 1.36 bits per heavy atom. The average molecular weight is 449 g/mol. The number of rotatable bonds is 6. The van der Waals surface area contributed by atoms with Crippen molar-refractivity contribution in [2.75, 3.05) is 42.7 Å². The van der Waals surface area contributed by atoms with Gasteiger partial charge in [0.25, 0.3) is 0 Å². The van der Waals surface area contributed by atoms with E-state index in [1.54, 1.807) is 42.7 Å². The number of hydrogen-bond donors (Lipinski definition) is 0. The molecule has 0 fully saturated rings. The van der Waals surface area contributed by atoms with Crippen molar-refractivity contribution >= 4 is 0 Å². The first-order valence-corrected chi connectivity index (χ1v) is 10.8. The predicted molar refractivity (Wildman–Crippen MR) is 125 cm³/mol. The quantitative estimate of drug-likeness (QED) is 0.534. The van der Waals surface area contributed by atoms with E-state index in [4.69, 9.17) is 28.4 Å². The lowest BCUT2D eigenvalue weighted by molar-refractivity contribution is 0.381. The Labute approximate surface area is 193 Å². The molecular weight excluding hydrogens is 420 g/mol. The highest BCUT2D eigenvalue weighted by Gasteiger charge is 2.43. The van der Waals surface area contributed by atoms with E-state index < -0.39 is 0 Å². The molecule has 0 aromatic heterocycles. The Balaban J connectivity index is 1.93. The van der Waals surface area contributed by atoms with Gasteiger partial charge in [0, 0.05) is 41.2 Å². The van der Waals surface area contributed by atoms with E-state index in [-0.39, 0.29) is 11.8 Å². The van der Waals surface area contributed by atoms with Crippen molar-refractivity contribution in [3.05, 3.63) is 69.8 Å². The maximum absolute atomic E-state index is 5.92. The van der Waals surface area contributed by atoms with E-state index in [1.165, 1.54) is 11.1 Å². The zero-order valence-electron chi connectivity index (χ0n) is 19.8. The van der Waals surface area contributed by atoms with Crippen molar-refractivity contribution in [3.63, 3.8) is 0 Å². The van der Waals surface area contributed by atoms with E-state index in [1.807, 2.05) is 18.2 Å². The zero-order valence-corrected chi connectivity index (χ0v) is 19.8. The fourth-order valence-electron chi connectivity index (χ4n) is 5.48. The topological polar surface area (TPSA) is 55.4 Å². The van der Waals surface area contributed by atoms with Gasteiger partial charge in [0.2, 0.25) is 0 Å². The maximum Gasteiger partial charge on any atom is 0.127 e. The lowest BCUT2D eigenvalue weighted by atomic mass is 9.71. The van der Waals surface area contributed by atoms with Crippen LogP contribution in [0.2, 0.25) is 0 Å². The summed E-state index contributed by atoms with van der Waals surface area (Å²) < 4.78 is 34.6. The van der Waals surface area contributed by atoms with Crippen LogP contribution in [0.3, 0.4) is 0 Å². The van der Waals surface area contributed by atoms with Gasteiger partial charge in [-0.1, -0.05) is 0 Å². The Morgan fingerprint density at radius 2 is 0.939 bits per heavy atom. The Hall–Kier alpha value is -3.54. The average Bonchev–Trinajstić information content (AvgIpc) is 3.10. The standard InChI is InChI=1S/C27H28O6/c1-28-14-9-21-18(22(10-14)31-4)13-17-19-7-15(29-2)11-23(32-5)25(19)27(21)26-20(17)8-16(30-3)12-24(26)33-6/h7-12,17,27H,13H2,1-6H3. The van der Waals surface area contributed by atoms with Crippen LogP contribution in [0.25, 0.3) is 0 Å². The van der Waals surface area contributed by atoms with Crippen molar-refractivity contribution in [1.82, 2.24) is 0 Å². The van der Waals surface area contributed by atoms with Crippen LogP contribution in [-0.2, 0) is 6.42 Å². The van der Waals surface area contributed by atoms with Gasteiger partial charge in [-0.3, -0.25) is 0 Å². The molecule has 2 bridgehead atoms. The van der Waals surface area contributed by atoms with E-state index in [2.05, 4.69) is 18.2 Å². The first-order chi connectivity index (χ1) is 16.1. The van der Waals surface area contributed by atoms with Gasteiger partial charge in [0.05, 0.1) is 42.7 Å².